The Morgan fingerprint density at radius 3 is 2.14 bits per heavy atom. The van der Waals surface area contributed by atoms with Crippen LogP contribution in [0.25, 0.3) is 11.3 Å². The maximum Gasteiger partial charge on any atom is 0.261 e. The van der Waals surface area contributed by atoms with E-state index in [9.17, 15) is 18.1 Å². The molecular weight excluding hydrogens is 389 g/mol. The Morgan fingerprint density at radius 1 is 1.03 bits per heavy atom. The Balaban J connectivity index is 2.16. The van der Waals surface area contributed by atoms with Gasteiger partial charge < -0.3 is 4.57 Å². The van der Waals surface area contributed by atoms with E-state index < -0.39 is 15.6 Å². The van der Waals surface area contributed by atoms with Crippen molar-refractivity contribution in [1.82, 2.24) is 4.57 Å². The standard InChI is InChI=1S/C22H22FN3O2S/c1-15-5-11-18(12-6-15)29(27,28)25-19-13-20(16-7-9-17(23)10-8-16)26(21(19)14-24)22(2,3)4/h5-13,25H,1-4H3. The largest absolute Gasteiger partial charge is 0.325 e. The van der Waals surface area contributed by atoms with Crippen LogP contribution in [0.4, 0.5) is 10.1 Å². The number of hydrogen-bond donors (Lipinski definition) is 1. The van der Waals surface area contributed by atoms with E-state index in [1.807, 2.05) is 27.7 Å². The minimum absolute atomic E-state index is 0.110. The lowest BCUT2D eigenvalue weighted by atomic mass is 10.1. The maximum atomic E-state index is 13.4. The topological polar surface area (TPSA) is 74.9 Å². The second-order valence-electron chi connectivity index (χ2n) is 7.84. The van der Waals surface area contributed by atoms with Gasteiger partial charge in [-0.05, 0) is 75.7 Å². The normalized spacial score (nSPS) is 11.9. The van der Waals surface area contributed by atoms with Crippen molar-refractivity contribution < 1.29 is 12.8 Å². The molecule has 3 aromatic rings. The number of aryl methyl sites for hydroxylation is 1. The summed E-state index contributed by atoms with van der Waals surface area (Å²) in [6.07, 6.45) is 0. The first kappa shape index (κ1) is 20.6. The monoisotopic (exact) mass is 411 g/mol. The molecule has 29 heavy (non-hydrogen) atoms. The lowest BCUT2D eigenvalue weighted by Crippen LogP contribution is -2.24. The average molecular weight is 412 g/mol. The summed E-state index contributed by atoms with van der Waals surface area (Å²) in [5, 5.41) is 9.81. The van der Waals surface area contributed by atoms with Gasteiger partial charge in [-0.25, -0.2) is 12.8 Å². The van der Waals surface area contributed by atoms with E-state index in [0.717, 1.165) is 5.56 Å². The number of hydrogen-bond acceptors (Lipinski definition) is 3. The predicted molar refractivity (Wildman–Crippen MR) is 112 cm³/mol. The summed E-state index contributed by atoms with van der Waals surface area (Å²) < 4.78 is 43.4. The van der Waals surface area contributed by atoms with Gasteiger partial charge in [-0.3, -0.25) is 4.72 Å². The van der Waals surface area contributed by atoms with E-state index in [1.54, 1.807) is 34.9 Å². The van der Waals surface area contributed by atoms with Crippen LogP contribution >= 0.6 is 0 Å². The molecule has 0 saturated carbocycles. The van der Waals surface area contributed by atoms with Gasteiger partial charge in [0.15, 0.2) is 0 Å². The molecule has 0 aliphatic carbocycles. The van der Waals surface area contributed by atoms with E-state index in [1.165, 1.54) is 24.3 Å². The van der Waals surface area contributed by atoms with Gasteiger partial charge in [0.05, 0.1) is 16.3 Å². The summed E-state index contributed by atoms with van der Waals surface area (Å²) >= 11 is 0. The SMILES string of the molecule is Cc1ccc(S(=O)(=O)Nc2cc(-c3ccc(F)cc3)n(C(C)(C)C)c2C#N)cc1. The maximum absolute atomic E-state index is 13.4. The summed E-state index contributed by atoms with van der Waals surface area (Å²) in [5.41, 5.74) is 2.10. The molecule has 2 aromatic carbocycles. The predicted octanol–water partition coefficient (Wildman–Crippen LogP) is 5.03. The summed E-state index contributed by atoms with van der Waals surface area (Å²) in [4.78, 5) is 0.110. The molecule has 3 rings (SSSR count). The number of rotatable bonds is 4. The molecule has 0 aliphatic rings. The number of nitrogens with zero attached hydrogens (tertiary/aromatic N) is 2. The first-order valence-corrected chi connectivity index (χ1v) is 10.5. The van der Waals surface area contributed by atoms with E-state index >= 15 is 0 Å². The molecule has 0 saturated heterocycles. The number of nitrogens with one attached hydrogen (secondary N) is 1. The zero-order valence-corrected chi connectivity index (χ0v) is 17.5. The van der Waals surface area contributed by atoms with Crippen molar-refractivity contribution in [3.63, 3.8) is 0 Å². The van der Waals surface area contributed by atoms with Crippen molar-refractivity contribution in [3.8, 4) is 17.3 Å². The number of sulfonamides is 1. The highest BCUT2D eigenvalue weighted by Gasteiger charge is 2.27. The van der Waals surface area contributed by atoms with Gasteiger partial charge in [0.25, 0.3) is 10.0 Å². The summed E-state index contributed by atoms with van der Waals surface area (Å²) in [7, 11) is -3.87. The minimum atomic E-state index is -3.87. The van der Waals surface area contributed by atoms with Crippen molar-refractivity contribution in [3.05, 3.63) is 71.7 Å². The van der Waals surface area contributed by atoms with Crippen LogP contribution in [0.15, 0.2) is 59.5 Å². The highest BCUT2D eigenvalue weighted by atomic mass is 32.2. The Labute approximate surface area is 170 Å². The van der Waals surface area contributed by atoms with E-state index in [2.05, 4.69) is 10.8 Å². The Hall–Kier alpha value is -3.11. The number of aromatic nitrogens is 1. The van der Waals surface area contributed by atoms with Gasteiger partial charge in [0, 0.05) is 5.54 Å². The lowest BCUT2D eigenvalue weighted by molar-refractivity contribution is 0.400. The van der Waals surface area contributed by atoms with Crippen molar-refractivity contribution >= 4 is 15.7 Å². The Morgan fingerprint density at radius 2 is 1.62 bits per heavy atom. The summed E-state index contributed by atoms with van der Waals surface area (Å²) in [5.74, 6) is -0.372. The molecule has 7 heteroatoms. The number of nitriles is 1. The second-order valence-corrected chi connectivity index (χ2v) is 9.52. The molecule has 0 amide bonds. The van der Waals surface area contributed by atoms with Gasteiger partial charge in [-0.15, -0.1) is 0 Å². The molecular formula is C22H22FN3O2S. The number of halogens is 1. The second kappa shape index (κ2) is 7.37. The average Bonchev–Trinajstić information content (AvgIpc) is 3.00. The molecule has 0 aliphatic heterocycles. The molecule has 0 spiro atoms. The number of anilines is 1. The van der Waals surface area contributed by atoms with Crippen LogP contribution in [0.1, 0.15) is 32.0 Å². The number of benzene rings is 2. The molecule has 5 nitrogen and oxygen atoms in total. The third kappa shape index (κ3) is 4.17. The van der Waals surface area contributed by atoms with Crippen molar-refractivity contribution in [2.75, 3.05) is 4.72 Å². The fraction of sp³-hybridized carbons (Fsp3) is 0.227. The molecule has 0 fully saturated rings. The Bertz CT molecular complexity index is 1180. The first-order chi connectivity index (χ1) is 13.5. The molecule has 0 radical (unpaired) electrons. The molecule has 0 bridgehead atoms. The highest BCUT2D eigenvalue weighted by Crippen LogP contribution is 2.35. The van der Waals surface area contributed by atoms with E-state index in [0.29, 0.717) is 11.3 Å². The van der Waals surface area contributed by atoms with E-state index in [-0.39, 0.29) is 22.1 Å². The highest BCUT2D eigenvalue weighted by molar-refractivity contribution is 7.92. The molecule has 150 valence electrons. The van der Waals surface area contributed by atoms with Crippen LogP contribution in [0.5, 0.6) is 0 Å². The van der Waals surface area contributed by atoms with Crippen molar-refractivity contribution in [1.29, 1.82) is 5.26 Å². The zero-order valence-electron chi connectivity index (χ0n) is 16.7. The lowest BCUT2D eigenvalue weighted by Gasteiger charge is -2.26. The molecule has 0 unspecified atom stereocenters. The quantitative estimate of drug-likeness (QED) is 0.654. The fourth-order valence-electron chi connectivity index (χ4n) is 3.15. The first-order valence-electron chi connectivity index (χ1n) is 9.05. The van der Waals surface area contributed by atoms with Gasteiger partial charge >= 0.3 is 0 Å². The molecule has 1 heterocycles. The van der Waals surface area contributed by atoms with Crippen LogP contribution in [-0.2, 0) is 15.6 Å². The van der Waals surface area contributed by atoms with Crippen LogP contribution in [-0.4, -0.2) is 13.0 Å². The van der Waals surface area contributed by atoms with Gasteiger partial charge in [0.2, 0.25) is 0 Å². The van der Waals surface area contributed by atoms with Gasteiger partial charge in [-0.1, -0.05) is 17.7 Å². The van der Waals surface area contributed by atoms with E-state index in [4.69, 9.17) is 0 Å². The fourth-order valence-corrected chi connectivity index (χ4v) is 4.21. The van der Waals surface area contributed by atoms with Crippen LogP contribution in [0.3, 0.4) is 0 Å². The third-order valence-corrected chi connectivity index (χ3v) is 5.87. The summed E-state index contributed by atoms with van der Waals surface area (Å²) in [6.45, 7) is 7.62. The smallest absolute Gasteiger partial charge is 0.261 e. The zero-order chi connectivity index (χ0) is 21.4. The van der Waals surface area contributed by atoms with Gasteiger partial charge in [-0.2, -0.15) is 5.26 Å². The summed E-state index contributed by atoms with van der Waals surface area (Å²) in [6, 6.07) is 16.1. The molecule has 1 aromatic heterocycles. The van der Waals surface area contributed by atoms with Crippen molar-refractivity contribution in [2.24, 2.45) is 0 Å². The molecule has 0 atom stereocenters. The van der Waals surface area contributed by atoms with Crippen molar-refractivity contribution in [2.45, 2.75) is 38.1 Å². The van der Waals surface area contributed by atoms with Gasteiger partial charge in [0.1, 0.15) is 17.6 Å². The van der Waals surface area contributed by atoms with Crippen LogP contribution < -0.4 is 4.72 Å². The van der Waals surface area contributed by atoms with Crippen LogP contribution in [0, 0.1) is 24.1 Å². The molecule has 1 N–H and O–H groups in total. The van der Waals surface area contributed by atoms with Crippen LogP contribution in [0.2, 0.25) is 0 Å². The minimum Gasteiger partial charge on any atom is -0.325 e. The Kier molecular flexibility index (Phi) is 5.24. The third-order valence-electron chi connectivity index (χ3n) is 4.49.